The van der Waals surface area contributed by atoms with E-state index in [1.165, 1.54) is 6.42 Å². The molecule has 0 radical (unpaired) electrons. The Kier molecular flexibility index (Phi) is 1.92. The highest BCUT2D eigenvalue weighted by Gasteiger charge is 2.19. The van der Waals surface area contributed by atoms with Gasteiger partial charge in [-0.3, -0.25) is 0 Å². The number of aryl methyl sites for hydroxylation is 1. The van der Waals surface area contributed by atoms with Crippen molar-refractivity contribution in [1.29, 1.82) is 0 Å². The van der Waals surface area contributed by atoms with Gasteiger partial charge in [-0.1, -0.05) is 0 Å². The van der Waals surface area contributed by atoms with E-state index in [0.29, 0.717) is 6.10 Å². The van der Waals surface area contributed by atoms with Crippen LogP contribution in [0.25, 0.3) is 0 Å². The van der Waals surface area contributed by atoms with Crippen LogP contribution in [0.5, 0.6) is 0 Å². The fraction of sp³-hybridized carbons (Fsp3) is 0.625. The normalized spacial score (nSPS) is 24.3. The number of hydrogen-bond acceptors (Lipinski definition) is 3. The van der Waals surface area contributed by atoms with E-state index in [4.69, 9.17) is 4.74 Å². The van der Waals surface area contributed by atoms with E-state index in [1.54, 1.807) is 11.3 Å². The molecule has 1 unspecified atom stereocenters. The van der Waals surface area contributed by atoms with Crippen LogP contribution in [0, 0.1) is 6.92 Å². The van der Waals surface area contributed by atoms with E-state index in [2.05, 4.69) is 10.4 Å². The van der Waals surface area contributed by atoms with Gasteiger partial charge in [0.1, 0.15) is 11.1 Å². The number of nitrogens with zero attached hydrogens (tertiary/aromatic N) is 1. The summed E-state index contributed by atoms with van der Waals surface area (Å²) in [7, 11) is 0. The topological polar surface area (TPSA) is 22.1 Å². The highest BCUT2D eigenvalue weighted by molar-refractivity contribution is 7.09. The molecule has 0 spiro atoms. The summed E-state index contributed by atoms with van der Waals surface area (Å²) >= 11 is 1.71. The van der Waals surface area contributed by atoms with Gasteiger partial charge in [0.05, 0.1) is 0 Å². The average Bonchev–Trinajstić information content (AvgIpc) is 2.55. The molecule has 0 saturated carbocycles. The van der Waals surface area contributed by atoms with E-state index >= 15 is 0 Å². The van der Waals surface area contributed by atoms with Crippen molar-refractivity contribution in [3.63, 3.8) is 0 Å². The molecule has 1 fully saturated rings. The highest BCUT2D eigenvalue weighted by Crippen LogP contribution is 2.30. The Bertz CT molecular complexity index is 240. The lowest BCUT2D eigenvalue weighted by atomic mass is 10.2. The molecule has 1 aliphatic rings. The van der Waals surface area contributed by atoms with Gasteiger partial charge in [-0.25, -0.2) is 4.98 Å². The van der Waals surface area contributed by atoms with Crippen molar-refractivity contribution in [3.05, 3.63) is 16.1 Å². The summed E-state index contributed by atoms with van der Waals surface area (Å²) in [6.45, 7) is 2.93. The summed E-state index contributed by atoms with van der Waals surface area (Å²) in [5.74, 6) is 0. The fourth-order valence-corrected chi connectivity index (χ4v) is 2.17. The minimum absolute atomic E-state index is 0.300. The predicted molar refractivity (Wildman–Crippen MR) is 44.8 cm³/mol. The Hall–Kier alpha value is -0.410. The summed E-state index contributed by atoms with van der Waals surface area (Å²) < 4.78 is 5.50. The molecule has 0 aliphatic carbocycles. The standard InChI is InChI=1S/C8H11NOS/c1-6-5-11-8(9-6)7-3-2-4-10-7/h5,7H,2-4H2,1H3. The maximum Gasteiger partial charge on any atom is 0.122 e. The molecule has 2 rings (SSSR count). The van der Waals surface area contributed by atoms with Crippen molar-refractivity contribution in [2.75, 3.05) is 6.61 Å². The smallest absolute Gasteiger partial charge is 0.122 e. The van der Waals surface area contributed by atoms with Gasteiger partial charge in [-0.05, 0) is 19.8 Å². The molecule has 1 saturated heterocycles. The Morgan fingerprint density at radius 1 is 1.73 bits per heavy atom. The molecule has 1 aromatic rings. The van der Waals surface area contributed by atoms with E-state index in [9.17, 15) is 0 Å². The van der Waals surface area contributed by atoms with E-state index < -0.39 is 0 Å². The number of rotatable bonds is 1. The largest absolute Gasteiger partial charge is 0.371 e. The third-order valence-electron chi connectivity index (χ3n) is 1.84. The van der Waals surface area contributed by atoms with Crippen molar-refractivity contribution in [2.24, 2.45) is 0 Å². The second kappa shape index (κ2) is 2.91. The second-order valence-corrected chi connectivity index (χ2v) is 3.72. The van der Waals surface area contributed by atoms with Crippen LogP contribution in [0.15, 0.2) is 5.38 Å². The summed E-state index contributed by atoms with van der Waals surface area (Å²) in [5.41, 5.74) is 1.11. The van der Waals surface area contributed by atoms with Crippen molar-refractivity contribution in [2.45, 2.75) is 25.9 Å². The quantitative estimate of drug-likeness (QED) is 0.643. The minimum atomic E-state index is 0.300. The van der Waals surface area contributed by atoms with Gasteiger partial charge in [0.2, 0.25) is 0 Å². The molecule has 1 aliphatic heterocycles. The minimum Gasteiger partial charge on any atom is -0.371 e. The molecule has 3 heteroatoms. The van der Waals surface area contributed by atoms with Gasteiger partial charge in [0.25, 0.3) is 0 Å². The van der Waals surface area contributed by atoms with Crippen molar-refractivity contribution >= 4 is 11.3 Å². The molecule has 1 atom stereocenters. The van der Waals surface area contributed by atoms with Gasteiger partial charge in [-0.2, -0.15) is 0 Å². The number of ether oxygens (including phenoxy) is 1. The Morgan fingerprint density at radius 3 is 3.18 bits per heavy atom. The lowest BCUT2D eigenvalue weighted by molar-refractivity contribution is 0.111. The van der Waals surface area contributed by atoms with Crippen molar-refractivity contribution in [1.82, 2.24) is 4.98 Å². The van der Waals surface area contributed by atoms with E-state index in [0.717, 1.165) is 23.7 Å². The third kappa shape index (κ3) is 1.44. The number of thiazole rings is 1. The summed E-state index contributed by atoms with van der Waals surface area (Å²) in [6, 6.07) is 0. The maximum absolute atomic E-state index is 5.50. The van der Waals surface area contributed by atoms with Crippen LogP contribution in [0.3, 0.4) is 0 Å². The third-order valence-corrected chi connectivity index (χ3v) is 2.90. The lowest BCUT2D eigenvalue weighted by Crippen LogP contribution is -1.94. The first-order valence-corrected chi connectivity index (χ1v) is 4.78. The van der Waals surface area contributed by atoms with Gasteiger partial charge in [0, 0.05) is 17.7 Å². The molecule has 60 valence electrons. The van der Waals surface area contributed by atoms with Crippen LogP contribution in [0.1, 0.15) is 29.6 Å². The van der Waals surface area contributed by atoms with Crippen LogP contribution >= 0.6 is 11.3 Å². The van der Waals surface area contributed by atoms with Crippen LogP contribution in [0.2, 0.25) is 0 Å². The molecule has 0 aromatic carbocycles. The lowest BCUT2D eigenvalue weighted by Gasteiger charge is -2.02. The summed E-state index contributed by atoms with van der Waals surface area (Å²) in [6.07, 6.45) is 2.63. The Morgan fingerprint density at radius 2 is 2.64 bits per heavy atom. The molecule has 0 bridgehead atoms. The molecule has 2 nitrogen and oxygen atoms in total. The number of hydrogen-bond donors (Lipinski definition) is 0. The predicted octanol–water partition coefficient (Wildman–Crippen LogP) is 2.30. The molecule has 2 heterocycles. The van der Waals surface area contributed by atoms with Crippen molar-refractivity contribution < 1.29 is 4.74 Å². The van der Waals surface area contributed by atoms with Gasteiger partial charge >= 0.3 is 0 Å². The fourth-order valence-electron chi connectivity index (χ4n) is 1.29. The average molecular weight is 169 g/mol. The molecule has 1 aromatic heterocycles. The van der Waals surface area contributed by atoms with E-state index in [-0.39, 0.29) is 0 Å². The highest BCUT2D eigenvalue weighted by atomic mass is 32.1. The zero-order valence-electron chi connectivity index (χ0n) is 6.54. The monoisotopic (exact) mass is 169 g/mol. The first-order valence-electron chi connectivity index (χ1n) is 3.90. The Labute approximate surface area is 70.2 Å². The number of aromatic nitrogens is 1. The SMILES string of the molecule is Cc1csc(C2CCCO2)n1. The first-order chi connectivity index (χ1) is 5.36. The molecule has 0 N–H and O–H groups in total. The summed E-state index contributed by atoms with van der Waals surface area (Å²) in [5, 5.41) is 3.23. The van der Waals surface area contributed by atoms with Crippen LogP contribution < -0.4 is 0 Å². The van der Waals surface area contributed by atoms with Crippen LogP contribution in [-0.2, 0) is 4.74 Å². The van der Waals surface area contributed by atoms with E-state index in [1.807, 2.05) is 6.92 Å². The van der Waals surface area contributed by atoms with Crippen LogP contribution in [-0.4, -0.2) is 11.6 Å². The zero-order valence-corrected chi connectivity index (χ0v) is 7.36. The maximum atomic E-state index is 5.50. The van der Waals surface area contributed by atoms with Gasteiger partial charge < -0.3 is 4.74 Å². The van der Waals surface area contributed by atoms with Gasteiger partial charge in [-0.15, -0.1) is 11.3 Å². The molecular weight excluding hydrogens is 158 g/mol. The Balaban J connectivity index is 2.15. The zero-order chi connectivity index (χ0) is 7.68. The molecule has 0 amide bonds. The molecule has 11 heavy (non-hydrogen) atoms. The molecular formula is C8H11NOS. The second-order valence-electron chi connectivity index (χ2n) is 2.83. The van der Waals surface area contributed by atoms with Crippen LogP contribution in [0.4, 0.5) is 0 Å². The summed E-state index contributed by atoms with van der Waals surface area (Å²) in [4.78, 5) is 4.39. The van der Waals surface area contributed by atoms with Crippen molar-refractivity contribution in [3.8, 4) is 0 Å². The van der Waals surface area contributed by atoms with Gasteiger partial charge in [0.15, 0.2) is 0 Å². The first kappa shape index (κ1) is 7.25.